The first-order valence-corrected chi connectivity index (χ1v) is 7.17. The molecular formula is C13H20BNO3S. The van der Waals surface area contributed by atoms with Gasteiger partial charge in [-0.15, -0.1) is 11.3 Å². The SMILES string of the molecule is CC(=O)Nc1cc(B2OC(C)(C)C(C)(C)O2)sc1C. The van der Waals surface area contributed by atoms with Gasteiger partial charge in [-0.05, 0) is 40.7 Å². The van der Waals surface area contributed by atoms with Gasteiger partial charge in [-0.25, -0.2) is 0 Å². The molecular weight excluding hydrogens is 261 g/mol. The van der Waals surface area contributed by atoms with E-state index >= 15 is 0 Å². The van der Waals surface area contributed by atoms with Gasteiger partial charge in [-0.2, -0.15) is 0 Å². The van der Waals surface area contributed by atoms with Gasteiger partial charge in [0.1, 0.15) is 0 Å². The predicted molar refractivity (Wildman–Crippen MR) is 79.1 cm³/mol. The molecule has 0 saturated carbocycles. The third-order valence-electron chi connectivity index (χ3n) is 3.73. The lowest BCUT2D eigenvalue weighted by Gasteiger charge is -2.32. The van der Waals surface area contributed by atoms with E-state index in [0.717, 1.165) is 15.3 Å². The molecule has 4 nitrogen and oxygen atoms in total. The number of thiophene rings is 1. The molecule has 1 amide bonds. The number of aryl methyl sites for hydroxylation is 1. The van der Waals surface area contributed by atoms with Crippen molar-refractivity contribution < 1.29 is 14.1 Å². The van der Waals surface area contributed by atoms with Gasteiger partial charge >= 0.3 is 7.12 Å². The van der Waals surface area contributed by atoms with Crippen molar-refractivity contribution in [1.29, 1.82) is 0 Å². The molecule has 0 spiro atoms. The maximum Gasteiger partial charge on any atom is 0.505 e. The highest BCUT2D eigenvalue weighted by Gasteiger charge is 2.52. The van der Waals surface area contributed by atoms with Crippen molar-refractivity contribution in [2.45, 2.75) is 52.7 Å². The predicted octanol–water partition coefficient (Wildman–Crippen LogP) is 2.31. The van der Waals surface area contributed by atoms with Crippen LogP contribution in [0.2, 0.25) is 0 Å². The lowest BCUT2D eigenvalue weighted by Crippen LogP contribution is -2.41. The van der Waals surface area contributed by atoms with E-state index in [9.17, 15) is 4.79 Å². The summed E-state index contributed by atoms with van der Waals surface area (Å²) in [6.07, 6.45) is 0. The first-order valence-electron chi connectivity index (χ1n) is 6.36. The summed E-state index contributed by atoms with van der Waals surface area (Å²) in [7, 11) is -0.365. The van der Waals surface area contributed by atoms with E-state index in [1.54, 1.807) is 11.3 Å². The maximum absolute atomic E-state index is 11.1. The van der Waals surface area contributed by atoms with Gasteiger partial charge in [0.25, 0.3) is 0 Å². The molecule has 0 aliphatic carbocycles. The van der Waals surface area contributed by atoms with Crippen LogP contribution in [-0.4, -0.2) is 24.2 Å². The average molecular weight is 281 g/mol. The molecule has 6 heteroatoms. The average Bonchev–Trinajstić information content (AvgIpc) is 2.66. The highest BCUT2D eigenvalue weighted by atomic mass is 32.1. The van der Waals surface area contributed by atoms with Crippen LogP contribution in [0, 0.1) is 6.92 Å². The Morgan fingerprint density at radius 1 is 1.26 bits per heavy atom. The van der Waals surface area contributed by atoms with Gasteiger partial charge in [0.05, 0.1) is 16.9 Å². The normalized spacial score (nSPS) is 20.6. The van der Waals surface area contributed by atoms with Gasteiger partial charge in [-0.1, -0.05) is 0 Å². The fourth-order valence-corrected chi connectivity index (χ4v) is 2.84. The summed E-state index contributed by atoms with van der Waals surface area (Å²) < 4.78 is 13.0. The van der Waals surface area contributed by atoms with Crippen molar-refractivity contribution in [2.75, 3.05) is 5.32 Å². The third-order valence-corrected chi connectivity index (χ3v) is 4.81. The molecule has 2 heterocycles. The lowest BCUT2D eigenvalue weighted by atomic mass is 9.88. The Bertz CT molecular complexity index is 494. The molecule has 1 aromatic heterocycles. The van der Waals surface area contributed by atoms with E-state index in [1.165, 1.54) is 6.92 Å². The summed E-state index contributed by atoms with van der Waals surface area (Å²) in [4.78, 5) is 12.2. The Morgan fingerprint density at radius 3 is 2.26 bits per heavy atom. The molecule has 19 heavy (non-hydrogen) atoms. The molecule has 1 saturated heterocycles. The molecule has 0 atom stereocenters. The molecule has 1 aromatic rings. The highest BCUT2D eigenvalue weighted by molar-refractivity contribution is 7.22. The van der Waals surface area contributed by atoms with E-state index < -0.39 is 0 Å². The minimum atomic E-state index is -0.365. The summed E-state index contributed by atoms with van der Waals surface area (Å²) in [5, 5.41) is 2.82. The van der Waals surface area contributed by atoms with Crippen molar-refractivity contribution in [2.24, 2.45) is 0 Å². The van der Waals surface area contributed by atoms with Crippen molar-refractivity contribution in [3.8, 4) is 0 Å². The Labute approximate surface area is 118 Å². The van der Waals surface area contributed by atoms with Crippen molar-refractivity contribution in [3.63, 3.8) is 0 Å². The first-order chi connectivity index (χ1) is 8.62. The lowest BCUT2D eigenvalue weighted by molar-refractivity contribution is -0.114. The van der Waals surface area contributed by atoms with Gasteiger partial charge in [0, 0.05) is 16.6 Å². The van der Waals surface area contributed by atoms with E-state index in [-0.39, 0.29) is 24.2 Å². The van der Waals surface area contributed by atoms with E-state index in [1.807, 2.05) is 40.7 Å². The number of carbonyl (C=O) groups is 1. The molecule has 0 bridgehead atoms. The molecule has 1 N–H and O–H groups in total. The largest absolute Gasteiger partial charge is 0.505 e. The second-order valence-electron chi connectivity index (χ2n) is 5.89. The maximum atomic E-state index is 11.1. The summed E-state index contributed by atoms with van der Waals surface area (Å²) >= 11 is 1.59. The molecule has 1 aliphatic heterocycles. The number of carbonyl (C=O) groups excluding carboxylic acids is 1. The van der Waals surface area contributed by atoms with Crippen molar-refractivity contribution in [1.82, 2.24) is 0 Å². The van der Waals surface area contributed by atoms with Crippen molar-refractivity contribution in [3.05, 3.63) is 10.9 Å². The molecule has 1 aliphatic rings. The summed E-state index contributed by atoms with van der Waals surface area (Å²) in [6, 6.07) is 1.93. The molecule has 2 rings (SSSR count). The number of rotatable bonds is 2. The van der Waals surface area contributed by atoms with E-state index in [0.29, 0.717) is 0 Å². The number of hydrogen-bond donors (Lipinski definition) is 1. The molecule has 0 radical (unpaired) electrons. The van der Waals surface area contributed by atoms with Crippen LogP contribution in [0.25, 0.3) is 0 Å². The zero-order chi connectivity index (χ0) is 14.4. The summed E-state index contributed by atoms with van der Waals surface area (Å²) in [5.74, 6) is -0.0682. The zero-order valence-electron chi connectivity index (χ0n) is 12.3. The molecule has 1 fully saturated rings. The molecule has 0 aromatic carbocycles. The van der Waals surface area contributed by atoms with Gasteiger partial charge in [0.2, 0.25) is 5.91 Å². The third kappa shape index (κ3) is 2.71. The van der Waals surface area contributed by atoms with Crippen LogP contribution >= 0.6 is 11.3 Å². The van der Waals surface area contributed by atoms with Crippen LogP contribution in [0.3, 0.4) is 0 Å². The zero-order valence-corrected chi connectivity index (χ0v) is 13.1. The standard InChI is InChI=1S/C13H20BNO3S/c1-8-10(15-9(2)16)7-11(19-8)14-17-12(3,4)13(5,6)18-14/h7H,1-6H3,(H,15,16). The number of hydrogen-bond acceptors (Lipinski definition) is 4. The van der Waals surface area contributed by atoms with Crippen LogP contribution in [0.15, 0.2) is 6.07 Å². The Hall–Kier alpha value is -0.845. The Balaban J connectivity index is 2.23. The minimum absolute atomic E-state index is 0.0682. The molecule has 104 valence electrons. The van der Waals surface area contributed by atoms with Crippen LogP contribution in [0.5, 0.6) is 0 Å². The van der Waals surface area contributed by atoms with E-state index in [4.69, 9.17) is 9.31 Å². The van der Waals surface area contributed by atoms with Crippen LogP contribution in [-0.2, 0) is 14.1 Å². The highest BCUT2D eigenvalue weighted by Crippen LogP contribution is 2.37. The second kappa shape index (κ2) is 4.61. The Kier molecular flexibility index (Phi) is 3.54. The van der Waals surface area contributed by atoms with Crippen molar-refractivity contribution >= 4 is 34.8 Å². The Morgan fingerprint density at radius 2 is 1.79 bits per heavy atom. The monoisotopic (exact) mass is 281 g/mol. The van der Waals surface area contributed by atoms with Crippen LogP contribution in [0.1, 0.15) is 39.5 Å². The topological polar surface area (TPSA) is 47.6 Å². The first kappa shape index (κ1) is 14.6. The van der Waals surface area contributed by atoms with Gasteiger partial charge in [0.15, 0.2) is 0 Å². The minimum Gasteiger partial charge on any atom is -0.399 e. The fraction of sp³-hybridized carbons (Fsp3) is 0.615. The van der Waals surface area contributed by atoms with Crippen LogP contribution < -0.4 is 10.1 Å². The number of anilines is 1. The fourth-order valence-electron chi connectivity index (χ4n) is 1.89. The quantitative estimate of drug-likeness (QED) is 0.846. The molecule has 0 unspecified atom stereocenters. The second-order valence-corrected chi connectivity index (χ2v) is 7.18. The van der Waals surface area contributed by atoms with E-state index in [2.05, 4.69) is 5.32 Å². The van der Waals surface area contributed by atoms with Gasteiger partial charge in [-0.3, -0.25) is 4.79 Å². The summed E-state index contributed by atoms with van der Waals surface area (Å²) in [6.45, 7) is 11.6. The summed E-state index contributed by atoms with van der Waals surface area (Å²) in [5.41, 5.74) is 0.148. The van der Waals surface area contributed by atoms with Gasteiger partial charge < -0.3 is 14.6 Å². The van der Waals surface area contributed by atoms with Crippen LogP contribution in [0.4, 0.5) is 5.69 Å². The number of nitrogens with one attached hydrogen (secondary N) is 1. The number of amides is 1. The smallest absolute Gasteiger partial charge is 0.399 e.